The fourth-order valence-corrected chi connectivity index (χ4v) is 3.41. The second-order valence-corrected chi connectivity index (χ2v) is 6.28. The molecule has 0 aromatic heterocycles. The third kappa shape index (κ3) is 2.54. The van der Waals surface area contributed by atoms with E-state index in [2.05, 4.69) is 42.5 Å². The van der Waals surface area contributed by atoms with Crippen LogP contribution in [0, 0.1) is 5.92 Å². The molecule has 2 aromatic carbocycles. The van der Waals surface area contributed by atoms with Gasteiger partial charge in [0.05, 0.1) is 6.10 Å². The standard InChI is InChI=1S/C11H12O.C10H8O/c1-8-6-7-9-4-2-3-5-10(9)11(8)12;1-2-4-8-7(3-1)9-5-6-10(8)11-9/h2-8,11-12H,1H3;1-6,9-10H/t8-,11+;/m1./s1. The largest absolute Gasteiger partial charge is 0.388 e. The Hall–Kier alpha value is -2.16. The lowest BCUT2D eigenvalue weighted by Gasteiger charge is -2.22. The van der Waals surface area contributed by atoms with E-state index in [1.54, 1.807) is 0 Å². The van der Waals surface area contributed by atoms with Crippen molar-refractivity contribution in [2.75, 3.05) is 0 Å². The molecule has 2 heterocycles. The van der Waals surface area contributed by atoms with Gasteiger partial charge in [-0.25, -0.2) is 0 Å². The molecular formula is C21H20O2. The van der Waals surface area contributed by atoms with Crippen LogP contribution in [0.4, 0.5) is 0 Å². The highest BCUT2D eigenvalue weighted by molar-refractivity contribution is 5.57. The molecule has 0 fully saturated rings. The van der Waals surface area contributed by atoms with Crippen molar-refractivity contribution in [3.05, 3.63) is 89.0 Å². The predicted molar refractivity (Wildman–Crippen MR) is 91.7 cm³/mol. The summed E-state index contributed by atoms with van der Waals surface area (Å²) in [4.78, 5) is 0. The van der Waals surface area contributed by atoms with Gasteiger partial charge in [0.1, 0.15) is 12.2 Å². The van der Waals surface area contributed by atoms with E-state index in [1.165, 1.54) is 11.1 Å². The number of aliphatic hydroxyl groups is 1. The van der Waals surface area contributed by atoms with Gasteiger partial charge in [0.25, 0.3) is 0 Å². The summed E-state index contributed by atoms with van der Waals surface area (Å²) in [5.74, 6) is 0.236. The van der Waals surface area contributed by atoms with Gasteiger partial charge in [-0.1, -0.05) is 79.8 Å². The lowest BCUT2D eigenvalue weighted by atomic mass is 9.88. The van der Waals surface area contributed by atoms with Crippen LogP contribution in [0.15, 0.2) is 66.8 Å². The minimum atomic E-state index is -0.328. The van der Waals surface area contributed by atoms with Crippen LogP contribution in [-0.4, -0.2) is 5.11 Å². The second-order valence-electron chi connectivity index (χ2n) is 6.28. The third-order valence-electron chi connectivity index (χ3n) is 4.76. The summed E-state index contributed by atoms with van der Waals surface area (Å²) in [6.45, 7) is 2.02. The molecule has 2 aliphatic heterocycles. The van der Waals surface area contributed by atoms with Crippen LogP contribution in [0.5, 0.6) is 0 Å². The molecule has 0 spiro atoms. The van der Waals surface area contributed by atoms with Gasteiger partial charge in [0.2, 0.25) is 0 Å². The van der Waals surface area contributed by atoms with E-state index in [0.29, 0.717) is 0 Å². The predicted octanol–water partition coefficient (Wildman–Crippen LogP) is 4.75. The van der Waals surface area contributed by atoms with Crippen LogP contribution in [0.2, 0.25) is 0 Å². The van der Waals surface area contributed by atoms with E-state index < -0.39 is 0 Å². The zero-order valence-corrected chi connectivity index (χ0v) is 13.1. The van der Waals surface area contributed by atoms with Gasteiger partial charge in [0.15, 0.2) is 0 Å². The van der Waals surface area contributed by atoms with Crippen molar-refractivity contribution in [1.82, 2.24) is 0 Å². The molecule has 0 radical (unpaired) electrons. The number of hydrogen-bond donors (Lipinski definition) is 1. The normalized spacial score (nSPS) is 28.8. The first-order valence-electron chi connectivity index (χ1n) is 8.12. The van der Waals surface area contributed by atoms with Crippen molar-refractivity contribution in [3.8, 4) is 0 Å². The zero-order valence-electron chi connectivity index (χ0n) is 13.1. The van der Waals surface area contributed by atoms with Crippen LogP contribution < -0.4 is 0 Å². The lowest BCUT2D eigenvalue weighted by Crippen LogP contribution is -2.11. The first-order valence-corrected chi connectivity index (χ1v) is 8.12. The van der Waals surface area contributed by atoms with Gasteiger partial charge < -0.3 is 9.84 Å². The Morgan fingerprint density at radius 1 is 0.783 bits per heavy atom. The summed E-state index contributed by atoms with van der Waals surface area (Å²) in [7, 11) is 0. The average molecular weight is 304 g/mol. The first-order chi connectivity index (χ1) is 11.2. The Morgan fingerprint density at radius 2 is 1.35 bits per heavy atom. The monoisotopic (exact) mass is 304 g/mol. The average Bonchev–Trinajstić information content (AvgIpc) is 3.22. The number of aliphatic hydroxyl groups excluding tert-OH is 1. The molecular weight excluding hydrogens is 284 g/mol. The van der Waals surface area contributed by atoms with E-state index in [0.717, 1.165) is 11.1 Å². The molecule has 3 aliphatic rings. The minimum absolute atomic E-state index is 0.236. The molecule has 0 amide bonds. The summed E-state index contributed by atoms with van der Waals surface area (Å²) in [6.07, 6.45) is 8.55. The van der Waals surface area contributed by atoms with Gasteiger partial charge >= 0.3 is 0 Å². The summed E-state index contributed by atoms with van der Waals surface area (Å²) in [6, 6.07) is 16.4. The number of hydrogen-bond acceptors (Lipinski definition) is 2. The van der Waals surface area contributed by atoms with Gasteiger partial charge in [-0.3, -0.25) is 0 Å². The van der Waals surface area contributed by atoms with Gasteiger partial charge in [-0.05, 0) is 22.3 Å². The number of fused-ring (bicyclic) bond motifs is 6. The van der Waals surface area contributed by atoms with Crippen molar-refractivity contribution in [1.29, 1.82) is 0 Å². The van der Waals surface area contributed by atoms with Crippen molar-refractivity contribution in [2.24, 2.45) is 5.92 Å². The fourth-order valence-electron chi connectivity index (χ4n) is 3.41. The Kier molecular flexibility index (Phi) is 3.64. The van der Waals surface area contributed by atoms with Crippen molar-refractivity contribution in [3.63, 3.8) is 0 Å². The Balaban J connectivity index is 0.000000118. The van der Waals surface area contributed by atoms with E-state index >= 15 is 0 Å². The number of ether oxygens (including phenoxy) is 1. The summed E-state index contributed by atoms with van der Waals surface area (Å²) < 4.78 is 5.63. The molecule has 23 heavy (non-hydrogen) atoms. The lowest BCUT2D eigenvalue weighted by molar-refractivity contribution is 0.0878. The molecule has 0 saturated carbocycles. The number of rotatable bonds is 0. The van der Waals surface area contributed by atoms with Gasteiger partial charge in [0, 0.05) is 5.92 Å². The van der Waals surface area contributed by atoms with Crippen LogP contribution in [0.1, 0.15) is 47.5 Å². The molecule has 1 N–H and O–H groups in total. The van der Waals surface area contributed by atoms with Crippen molar-refractivity contribution in [2.45, 2.75) is 25.2 Å². The maximum Gasteiger partial charge on any atom is 0.102 e. The van der Waals surface area contributed by atoms with Gasteiger partial charge in [-0.2, -0.15) is 0 Å². The Morgan fingerprint density at radius 3 is 2.00 bits per heavy atom. The molecule has 4 atom stereocenters. The zero-order chi connectivity index (χ0) is 15.8. The summed E-state index contributed by atoms with van der Waals surface area (Å²) >= 11 is 0. The quantitative estimate of drug-likeness (QED) is 0.712. The molecule has 5 rings (SSSR count). The van der Waals surface area contributed by atoms with Crippen LogP contribution in [-0.2, 0) is 4.74 Å². The molecule has 1 aliphatic carbocycles. The maximum absolute atomic E-state index is 9.78. The number of benzene rings is 2. The van der Waals surface area contributed by atoms with E-state index in [1.807, 2.05) is 37.3 Å². The summed E-state index contributed by atoms with van der Waals surface area (Å²) in [5, 5.41) is 9.78. The second kappa shape index (κ2) is 5.80. The highest BCUT2D eigenvalue weighted by atomic mass is 16.5. The highest BCUT2D eigenvalue weighted by Crippen LogP contribution is 2.45. The molecule has 2 heteroatoms. The highest BCUT2D eigenvalue weighted by Gasteiger charge is 2.32. The molecule has 2 nitrogen and oxygen atoms in total. The van der Waals surface area contributed by atoms with Crippen LogP contribution in [0.3, 0.4) is 0 Å². The third-order valence-corrected chi connectivity index (χ3v) is 4.76. The van der Waals surface area contributed by atoms with Crippen LogP contribution in [0.25, 0.3) is 6.08 Å². The molecule has 2 unspecified atom stereocenters. The van der Waals surface area contributed by atoms with Crippen molar-refractivity contribution < 1.29 is 9.84 Å². The first kappa shape index (κ1) is 14.4. The van der Waals surface area contributed by atoms with Crippen molar-refractivity contribution >= 4 is 6.08 Å². The topological polar surface area (TPSA) is 29.5 Å². The smallest absolute Gasteiger partial charge is 0.102 e. The van der Waals surface area contributed by atoms with Crippen LogP contribution >= 0.6 is 0 Å². The van der Waals surface area contributed by atoms with E-state index in [9.17, 15) is 5.11 Å². The van der Waals surface area contributed by atoms with E-state index in [4.69, 9.17) is 4.74 Å². The molecule has 2 bridgehead atoms. The molecule has 2 aromatic rings. The molecule has 0 saturated heterocycles. The summed E-state index contributed by atoms with van der Waals surface area (Å²) in [5.41, 5.74) is 4.88. The van der Waals surface area contributed by atoms with E-state index in [-0.39, 0.29) is 24.2 Å². The maximum atomic E-state index is 9.78. The Labute approximate surface area is 136 Å². The minimum Gasteiger partial charge on any atom is -0.388 e. The SMILES string of the molecule is C1=CC2OC1c1ccccc12.C[C@@H]1C=Cc2ccccc2[C@H]1O. The fraction of sp³-hybridized carbons (Fsp3) is 0.238. The molecule has 116 valence electrons. The van der Waals surface area contributed by atoms with Gasteiger partial charge in [-0.15, -0.1) is 0 Å². The Bertz CT molecular complexity index is 744.